The van der Waals surface area contributed by atoms with Crippen LogP contribution in [0.15, 0.2) is 0 Å². The first-order valence-electron chi connectivity index (χ1n) is 3.64. The predicted molar refractivity (Wildman–Crippen MR) is 52.3 cm³/mol. The molecule has 0 N–H and O–H groups in total. The highest BCUT2D eigenvalue weighted by molar-refractivity contribution is 7.98. The highest BCUT2D eigenvalue weighted by Gasteiger charge is 2.06. The minimum atomic E-state index is -2.97. The highest BCUT2D eigenvalue weighted by Crippen LogP contribution is 2.00. The molecule has 0 aromatic carbocycles. The van der Waals surface area contributed by atoms with Crippen molar-refractivity contribution in [1.82, 2.24) is 0 Å². The van der Waals surface area contributed by atoms with E-state index in [2.05, 4.69) is 0 Å². The number of thioether (sulfide) groups is 1. The summed E-state index contributed by atoms with van der Waals surface area (Å²) in [6, 6.07) is 0. The molecule has 5 heteroatoms. The Labute approximate surface area is 77.8 Å². The first-order chi connectivity index (χ1) is 5.45. The third-order valence-electron chi connectivity index (χ3n) is 1.34. The average molecular weight is 210 g/mol. The molecule has 0 aromatic heterocycles. The summed E-state index contributed by atoms with van der Waals surface area (Å²) in [6.45, 7) is 0. The van der Waals surface area contributed by atoms with Gasteiger partial charge >= 0.3 is 0 Å². The van der Waals surface area contributed by atoms with E-state index in [4.69, 9.17) is 0 Å². The average Bonchev–Trinajstić information content (AvgIpc) is 1.95. The van der Waals surface area contributed by atoms with E-state index < -0.39 is 9.84 Å². The molecule has 0 aliphatic heterocycles. The van der Waals surface area contributed by atoms with Gasteiger partial charge in [0.2, 0.25) is 0 Å². The zero-order valence-electron chi connectivity index (χ0n) is 7.37. The lowest BCUT2D eigenvalue weighted by molar-refractivity contribution is -0.118. The van der Waals surface area contributed by atoms with Crippen LogP contribution in [0.5, 0.6) is 0 Å². The van der Waals surface area contributed by atoms with E-state index in [9.17, 15) is 13.2 Å². The fourth-order valence-electron chi connectivity index (χ4n) is 0.640. The normalized spacial score (nSPS) is 11.5. The molecular weight excluding hydrogens is 196 g/mol. The molecule has 0 aromatic rings. The van der Waals surface area contributed by atoms with Crippen molar-refractivity contribution < 1.29 is 13.2 Å². The number of ketones is 1. The van der Waals surface area contributed by atoms with E-state index in [1.54, 1.807) is 11.8 Å². The molecule has 0 bridgehead atoms. The maximum atomic E-state index is 11.0. The van der Waals surface area contributed by atoms with Crippen molar-refractivity contribution in [2.75, 3.05) is 24.0 Å². The van der Waals surface area contributed by atoms with Crippen molar-refractivity contribution in [3.63, 3.8) is 0 Å². The van der Waals surface area contributed by atoms with Crippen LogP contribution in [0, 0.1) is 0 Å². The lowest BCUT2D eigenvalue weighted by Crippen LogP contribution is -2.09. The molecule has 3 nitrogen and oxygen atoms in total. The molecule has 0 fully saturated rings. The van der Waals surface area contributed by atoms with Crippen LogP contribution in [0.1, 0.15) is 12.8 Å². The smallest absolute Gasteiger partial charge is 0.147 e. The Morgan fingerprint density at radius 3 is 2.33 bits per heavy atom. The van der Waals surface area contributed by atoms with Crippen molar-refractivity contribution in [3.05, 3.63) is 0 Å². The summed E-state index contributed by atoms with van der Waals surface area (Å²) in [6.07, 6.45) is 3.72. The fraction of sp³-hybridized carbons (Fsp3) is 0.857. The van der Waals surface area contributed by atoms with Crippen LogP contribution in [0.2, 0.25) is 0 Å². The molecule has 0 saturated heterocycles. The second-order valence-corrected chi connectivity index (χ2v) is 5.91. The number of carbonyl (C=O) groups is 1. The zero-order chi connectivity index (χ0) is 9.61. The van der Waals surface area contributed by atoms with Crippen LogP contribution in [-0.2, 0) is 14.6 Å². The maximum absolute atomic E-state index is 11.0. The molecule has 0 aliphatic carbocycles. The largest absolute Gasteiger partial charge is 0.300 e. The van der Waals surface area contributed by atoms with Gasteiger partial charge in [0.25, 0.3) is 0 Å². The van der Waals surface area contributed by atoms with E-state index in [0.29, 0.717) is 6.42 Å². The fourth-order valence-corrected chi connectivity index (χ4v) is 1.67. The topological polar surface area (TPSA) is 51.2 Å². The van der Waals surface area contributed by atoms with Crippen LogP contribution in [-0.4, -0.2) is 38.2 Å². The van der Waals surface area contributed by atoms with Crippen molar-refractivity contribution >= 4 is 27.4 Å². The van der Waals surface area contributed by atoms with Gasteiger partial charge in [-0.2, -0.15) is 11.8 Å². The van der Waals surface area contributed by atoms with Crippen LogP contribution in [0.4, 0.5) is 0 Å². The number of Topliss-reactive ketones (excluding diaryl/α,β-unsaturated/α-hetero) is 1. The molecule has 72 valence electrons. The Kier molecular flexibility index (Phi) is 5.57. The van der Waals surface area contributed by atoms with Crippen molar-refractivity contribution in [2.24, 2.45) is 0 Å². The van der Waals surface area contributed by atoms with E-state index in [0.717, 1.165) is 12.0 Å². The summed E-state index contributed by atoms with van der Waals surface area (Å²) in [5, 5.41) is 0. The van der Waals surface area contributed by atoms with Gasteiger partial charge in [-0.05, 0) is 12.0 Å². The summed E-state index contributed by atoms with van der Waals surface area (Å²) in [7, 11) is -2.97. The third kappa shape index (κ3) is 8.07. The molecule has 0 amide bonds. The Morgan fingerprint density at radius 2 is 1.92 bits per heavy atom. The molecule has 0 atom stereocenters. The molecule has 0 unspecified atom stereocenters. The van der Waals surface area contributed by atoms with Gasteiger partial charge in [0.05, 0.1) is 5.75 Å². The number of carbonyl (C=O) groups excluding carboxylic acids is 1. The molecule has 0 rings (SSSR count). The molecule has 0 heterocycles. The Balaban J connectivity index is 3.58. The Hall–Kier alpha value is -0.0300. The van der Waals surface area contributed by atoms with Crippen molar-refractivity contribution in [3.8, 4) is 0 Å². The number of hydrogen-bond donors (Lipinski definition) is 0. The Morgan fingerprint density at radius 1 is 1.33 bits per heavy atom. The second kappa shape index (κ2) is 5.59. The van der Waals surface area contributed by atoms with Crippen molar-refractivity contribution in [1.29, 1.82) is 0 Å². The van der Waals surface area contributed by atoms with Gasteiger partial charge in [0.15, 0.2) is 0 Å². The van der Waals surface area contributed by atoms with Gasteiger partial charge in [0, 0.05) is 19.1 Å². The van der Waals surface area contributed by atoms with E-state index in [-0.39, 0.29) is 18.0 Å². The van der Waals surface area contributed by atoms with Crippen LogP contribution in [0.25, 0.3) is 0 Å². The summed E-state index contributed by atoms with van der Waals surface area (Å²) >= 11 is 1.59. The predicted octanol–water partition coefficient (Wildman–Crippen LogP) is 0.743. The SMILES string of the molecule is CSCCC(=O)CCS(C)(=O)=O. The van der Waals surface area contributed by atoms with Gasteiger partial charge in [0.1, 0.15) is 15.6 Å². The van der Waals surface area contributed by atoms with Crippen LogP contribution >= 0.6 is 11.8 Å². The van der Waals surface area contributed by atoms with Crippen molar-refractivity contribution in [2.45, 2.75) is 12.8 Å². The van der Waals surface area contributed by atoms with Gasteiger partial charge in [-0.1, -0.05) is 0 Å². The Bertz CT molecular complexity index is 231. The summed E-state index contributed by atoms with van der Waals surface area (Å²) in [4.78, 5) is 11.0. The quantitative estimate of drug-likeness (QED) is 0.649. The third-order valence-corrected chi connectivity index (χ3v) is 2.89. The van der Waals surface area contributed by atoms with Gasteiger partial charge in [-0.25, -0.2) is 8.42 Å². The molecule has 0 saturated carbocycles. The second-order valence-electron chi connectivity index (χ2n) is 2.66. The molecule has 0 spiro atoms. The summed E-state index contributed by atoms with van der Waals surface area (Å²) in [5.74, 6) is 0.804. The molecular formula is C7H14O3S2. The van der Waals surface area contributed by atoms with E-state index in [1.807, 2.05) is 6.26 Å². The summed E-state index contributed by atoms with van der Waals surface area (Å²) in [5.41, 5.74) is 0. The maximum Gasteiger partial charge on any atom is 0.147 e. The molecule has 0 radical (unpaired) electrons. The standard InChI is InChI=1S/C7H14O3S2/c1-11-5-3-7(8)4-6-12(2,9)10/h3-6H2,1-2H3. The number of rotatable bonds is 6. The van der Waals surface area contributed by atoms with Crippen LogP contribution in [0.3, 0.4) is 0 Å². The minimum absolute atomic E-state index is 0.0137. The molecule has 0 aliphatic rings. The zero-order valence-corrected chi connectivity index (χ0v) is 9.00. The van der Waals surface area contributed by atoms with Gasteiger partial charge in [-0.3, -0.25) is 4.79 Å². The summed E-state index contributed by atoms with van der Waals surface area (Å²) < 4.78 is 21.3. The van der Waals surface area contributed by atoms with Gasteiger partial charge < -0.3 is 0 Å². The van der Waals surface area contributed by atoms with Crippen LogP contribution < -0.4 is 0 Å². The monoisotopic (exact) mass is 210 g/mol. The lowest BCUT2D eigenvalue weighted by Gasteiger charge is -1.97. The number of hydrogen-bond acceptors (Lipinski definition) is 4. The van der Waals surface area contributed by atoms with E-state index >= 15 is 0 Å². The lowest BCUT2D eigenvalue weighted by atomic mass is 10.2. The molecule has 12 heavy (non-hydrogen) atoms. The highest BCUT2D eigenvalue weighted by atomic mass is 32.2. The first-order valence-corrected chi connectivity index (χ1v) is 7.09. The van der Waals surface area contributed by atoms with Gasteiger partial charge in [-0.15, -0.1) is 0 Å². The van der Waals surface area contributed by atoms with E-state index in [1.165, 1.54) is 0 Å². The minimum Gasteiger partial charge on any atom is -0.300 e. The number of sulfone groups is 1. The first kappa shape index (κ1) is 12.0.